The summed E-state index contributed by atoms with van der Waals surface area (Å²) >= 11 is 0. The molecule has 0 aromatic heterocycles. The van der Waals surface area contributed by atoms with E-state index in [1.807, 2.05) is 0 Å². The van der Waals surface area contributed by atoms with Gasteiger partial charge in [0.05, 0.1) is 6.54 Å². The minimum absolute atomic E-state index is 0.0456. The SMILES string of the molecule is CCCCN(C)C(=O)CN(CCc1ccccc1F)C(C)=O. The van der Waals surface area contributed by atoms with Crippen LogP contribution in [0.2, 0.25) is 0 Å². The number of nitrogens with zero attached hydrogens (tertiary/aromatic N) is 2. The van der Waals surface area contributed by atoms with Crippen molar-refractivity contribution in [1.29, 1.82) is 0 Å². The lowest BCUT2D eigenvalue weighted by Gasteiger charge is -2.24. The Morgan fingerprint density at radius 2 is 1.86 bits per heavy atom. The summed E-state index contributed by atoms with van der Waals surface area (Å²) in [6.07, 6.45) is 2.36. The molecule has 0 unspecified atom stereocenters. The maximum absolute atomic E-state index is 13.6. The highest BCUT2D eigenvalue weighted by Gasteiger charge is 2.16. The molecule has 0 aliphatic heterocycles. The Morgan fingerprint density at radius 1 is 1.18 bits per heavy atom. The van der Waals surface area contributed by atoms with Crippen LogP contribution in [0.4, 0.5) is 4.39 Å². The average Bonchev–Trinajstić information content (AvgIpc) is 2.49. The number of hydrogen-bond acceptors (Lipinski definition) is 2. The first-order valence-electron chi connectivity index (χ1n) is 7.68. The quantitative estimate of drug-likeness (QED) is 0.740. The molecule has 0 fully saturated rings. The monoisotopic (exact) mass is 308 g/mol. The van der Waals surface area contributed by atoms with Gasteiger partial charge in [-0.3, -0.25) is 9.59 Å². The Balaban J connectivity index is 2.57. The van der Waals surface area contributed by atoms with Crippen molar-refractivity contribution in [3.63, 3.8) is 0 Å². The van der Waals surface area contributed by atoms with Crippen molar-refractivity contribution in [2.45, 2.75) is 33.1 Å². The summed E-state index contributed by atoms with van der Waals surface area (Å²) in [6.45, 7) is 4.57. The standard InChI is InChI=1S/C17H25FN2O2/c1-4-5-11-19(3)17(22)13-20(14(2)21)12-10-15-8-6-7-9-16(15)18/h6-9H,4-5,10-13H2,1-3H3. The molecule has 22 heavy (non-hydrogen) atoms. The minimum Gasteiger partial charge on any atom is -0.344 e. The first kappa shape index (κ1) is 18.1. The number of halogens is 1. The van der Waals surface area contributed by atoms with Crippen LogP contribution in [0.5, 0.6) is 0 Å². The van der Waals surface area contributed by atoms with Gasteiger partial charge in [-0.2, -0.15) is 0 Å². The Kier molecular flexibility index (Phi) is 7.57. The lowest BCUT2D eigenvalue weighted by atomic mass is 10.1. The molecule has 4 nitrogen and oxygen atoms in total. The zero-order valence-corrected chi connectivity index (χ0v) is 13.6. The molecule has 0 saturated heterocycles. The number of benzene rings is 1. The first-order valence-corrected chi connectivity index (χ1v) is 7.68. The van der Waals surface area contributed by atoms with E-state index >= 15 is 0 Å². The Morgan fingerprint density at radius 3 is 2.45 bits per heavy atom. The van der Waals surface area contributed by atoms with Gasteiger partial charge in [-0.05, 0) is 24.5 Å². The molecule has 0 heterocycles. The predicted molar refractivity (Wildman–Crippen MR) is 84.9 cm³/mol. The van der Waals surface area contributed by atoms with E-state index in [0.717, 1.165) is 12.8 Å². The molecule has 0 atom stereocenters. The summed E-state index contributed by atoms with van der Waals surface area (Å²) in [5.41, 5.74) is 0.556. The van der Waals surface area contributed by atoms with Gasteiger partial charge >= 0.3 is 0 Å². The van der Waals surface area contributed by atoms with Gasteiger partial charge < -0.3 is 9.80 Å². The largest absolute Gasteiger partial charge is 0.344 e. The third-order valence-corrected chi connectivity index (χ3v) is 3.65. The van der Waals surface area contributed by atoms with Crippen LogP contribution in [0, 0.1) is 5.82 Å². The van der Waals surface area contributed by atoms with Gasteiger partial charge in [0.25, 0.3) is 0 Å². The van der Waals surface area contributed by atoms with E-state index in [-0.39, 0.29) is 24.2 Å². The molecule has 0 saturated carbocycles. The molecule has 2 amide bonds. The zero-order valence-electron chi connectivity index (χ0n) is 13.6. The van der Waals surface area contributed by atoms with Gasteiger partial charge in [0, 0.05) is 27.1 Å². The van der Waals surface area contributed by atoms with Gasteiger partial charge in [-0.15, -0.1) is 0 Å². The molecular formula is C17H25FN2O2. The van der Waals surface area contributed by atoms with Gasteiger partial charge in [-0.1, -0.05) is 31.5 Å². The van der Waals surface area contributed by atoms with Gasteiger partial charge in [-0.25, -0.2) is 4.39 Å². The average molecular weight is 308 g/mol. The van der Waals surface area contributed by atoms with Gasteiger partial charge in [0.2, 0.25) is 11.8 Å². The van der Waals surface area contributed by atoms with Crippen LogP contribution in [0.1, 0.15) is 32.3 Å². The summed E-state index contributed by atoms with van der Waals surface area (Å²) in [7, 11) is 1.74. The first-order chi connectivity index (χ1) is 10.5. The fourth-order valence-corrected chi connectivity index (χ4v) is 2.11. The molecule has 0 radical (unpaired) electrons. The summed E-state index contributed by atoms with van der Waals surface area (Å²) in [5.74, 6) is -0.539. The van der Waals surface area contributed by atoms with Crippen LogP contribution in [-0.2, 0) is 16.0 Å². The molecule has 0 spiro atoms. The Bertz CT molecular complexity index is 505. The molecule has 0 aliphatic carbocycles. The highest BCUT2D eigenvalue weighted by Crippen LogP contribution is 2.08. The van der Waals surface area contributed by atoms with E-state index in [1.165, 1.54) is 17.9 Å². The van der Waals surface area contributed by atoms with Gasteiger partial charge in [0.15, 0.2) is 0 Å². The summed E-state index contributed by atoms with van der Waals surface area (Å²) in [4.78, 5) is 26.9. The van der Waals surface area contributed by atoms with Crippen molar-refractivity contribution in [2.24, 2.45) is 0 Å². The second kappa shape index (κ2) is 9.18. The molecule has 0 bridgehead atoms. The fraction of sp³-hybridized carbons (Fsp3) is 0.529. The highest BCUT2D eigenvalue weighted by atomic mass is 19.1. The van der Waals surface area contributed by atoms with Crippen molar-refractivity contribution in [1.82, 2.24) is 9.80 Å². The molecule has 5 heteroatoms. The number of unbranched alkanes of at least 4 members (excludes halogenated alkanes) is 1. The summed E-state index contributed by atoms with van der Waals surface area (Å²) < 4.78 is 13.6. The van der Waals surface area contributed by atoms with E-state index in [0.29, 0.717) is 25.1 Å². The van der Waals surface area contributed by atoms with Crippen LogP contribution in [0.3, 0.4) is 0 Å². The van der Waals surface area contributed by atoms with Crippen LogP contribution in [0.25, 0.3) is 0 Å². The Hall–Kier alpha value is -1.91. The number of carbonyl (C=O) groups is 2. The van der Waals surface area contributed by atoms with E-state index in [2.05, 4.69) is 6.92 Å². The molecule has 1 aromatic rings. The molecule has 0 aliphatic rings. The zero-order chi connectivity index (χ0) is 16.5. The molecular weight excluding hydrogens is 283 g/mol. The van der Waals surface area contributed by atoms with E-state index in [4.69, 9.17) is 0 Å². The van der Waals surface area contributed by atoms with Crippen molar-refractivity contribution in [2.75, 3.05) is 26.7 Å². The highest BCUT2D eigenvalue weighted by molar-refractivity contribution is 5.83. The van der Waals surface area contributed by atoms with Crippen molar-refractivity contribution >= 4 is 11.8 Å². The normalized spacial score (nSPS) is 10.4. The van der Waals surface area contributed by atoms with E-state index in [9.17, 15) is 14.0 Å². The topological polar surface area (TPSA) is 40.6 Å². The molecule has 0 N–H and O–H groups in total. The van der Waals surface area contributed by atoms with Crippen LogP contribution >= 0.6 is 0 Å². The maximum Gasteiger partial charge on any atom is 0.241 e. The third kappa shape index (κ3) is 5.84. The number of carbonyl (C=O) groups excluding carboxylic acids is 2. The second-order valence-electron chi connectivity index (χ2n) is 5.45. The van der Waals surface area contributed by atoms with Crippen molar-refractivity contribution in [3.05, 3.63) is 35.6 Å². The molecule has 122 valence electrons. The van der Waals surface area contributed by atoms with Crippen LogP contribution in [0.15, 0.2) is 24.3 Å². The number of rotatable bonds is 8. The fourth-order valence-electron chi connectivity index (χ4n) is 2.11. The molecule has 1 rings (SSSR count). The maximum atomic E-state index is 13.6. The number of amides is 2. The van der Waals surface area contributed by atoms with Crippen LogP contribution < -0.4 is 0 Å². The predicted octanol–water partition coefficient (Wildman–Crippen LogP) is 2.48. The Labute approximate surface area is 131 Å². The van der Waals surface area contributed by atoms with Crippen LogP contribution in [-0.4, -0.2) is 48.3 Å². The third-order valence-electron chi connectivity index (χ3n) is 3.65. The lowest BCUT2D eigenvalue weighted by Crippen LogP contribution is -2.41. The van der Waals surface area contributed by atoms with E-state index < -0.39 is 0 Å². The number of hydrogen-bond donors (Lipinski definition) is 0. The minimum atomic E-state index is -0.280. The smallest absolute Gasteiger partial charge is 0.241 e. The summed E-state index contributed by atoms with van der Waals surface area (Å²) in [6, 6.07) is 6.49. The van der Waals surface area contributed by atoms with Gasteiger partial charge in [0.1, 0.15) is 5.82 Å². The lowest BCUT2D eigenvalue weighted by molar-refractivity contribution is -0.138. The molecule has 1 aromatic carbocycles. The second-order valence-corrected chi connectivity index (χ2v) is 5.45. The van der Waals surface area contributed by atoms with Crippen molar-refractivity contribution < 1.29 is 14.0 Å². The number of likely N-dealkylation sites (N-methyl/N-ethyl adjacent to an activating group) is 1. The van der Waals surface area contributed by atoms with Crippen molar-refractivity contribution in [3.8, 4) is 0 Å². The summed E-state index contributed by atoms with van der Waals surface area (Å²) in [5, 5.41) is 0. The van der Waals surface area contributed by atoms with E-state index in [1.54, 1.807) is 30.1 Å².